The van der Waals surface area contributed by atoms with Crippen molar-refractivity contribution in [3.05, 3.63) is 0 Å². The number of hydrogen-bond donors (Lipinski definition) is 2. The van der Waals surface area contributed by atoms with Crippen LogP contribution in [0.1, 0.15) is 75.2 Å². The van der Waals surface area contributed by atoms with E-state index >= 15 is 0 Å². The highest BCUT2D eigenvalue weighted by atomic mass is 32.2. The molecule has 29 heavy (non-hydrogen) atoms. The third kappa shape index (κ3) is 14.7. The third-order valence-corrected chi connectivity index (χ3v) is 3.69. The Morgan fingerprint density at radius 1 is 0.793 bits per heavy atom. The first-order chi connectivity index (χ1) is 12.7. The van der Waals surface area contributed by atoms with Gasteiger partial charge >= 0.3 is 28.2 Å². The molecule has 0 aromatic carbocycles. The van der Waals surface area contributed by atoms with Crippen LogP contribution in [0.2, 0.25) is 0 Å². The molecule has 0 unspecified atom stereocenters. The number of hydrogen-bond acceptors (Lipinski definition) is 8. The average Bonchev–Trinajstić information content (AvgIpc) is 2.36. The molecule has 0 spiro atoms. The Kier molecular flexibility index (Phi) is 9.12. The zero-order chi connectivity index (χ0) is 23.3. The first-order valence-electron chi connectivity index (χ1n) is 9.17. The van der Waals surface area contributed by atoms with E-state index in [1.807, 2.05) is 4.72 Å². The summed E-state index contributed by atoms with van der Waals surface area (Å²) in [6.07, 6.45) is -1.67. The molecule has 170 valence electrons. The van der Waals surface area contributed by atoms with Crippen molar-refractivity contribution in [1.82, 2.24) is 9.44 Å². The van der Waals surface area contributed by atoms with Crippen LogP contribution in [-0.4, -0.2) is 49.3 Å². The molecule has 0 bridgehead atoms. The summed E-state index contributed by atoms with van der Waals surface area (Å²) in [5, 5.41) is 0. The van der Waals surface area contributed by atoms with E-state index in [2.05, 4.69) is 0 Å². The molecule has 0 radical (unpaired) electrons. The molecule has 0 aliphatic heterocycles. The average molecular weight is 439 g/mol. The summed E-state index contributed by atoms with van der Waals surface area (Å²) < 4.78 is 43.4. The number of carbonyl (C=O) groups is 3. The fourth-order valence-electron chi connectivity index (χ4n) is 1.88. The fraction of sp³-hybridized carbons (Fsp3) is 0.833. The van der Waals surface area contributed by atoms with E-state index < -0.39 is 51.1 Å². The van der Waals surface area contributed by atoms with Gasteiger partial charge in [0.15, 0.2) is 0 Å². The van der Waals surface area contributed by atoms with Crippen LogP contribution in [0.3, 0.4) is 0 Å². The molecule has 11 heteroatoms. The summed E-state index contributed by atoms with van der Waals surface area (Å²) >= 11 is 0. The standard InChI is InChI=1S/C18H34N2O8S/c1-16(2,3)26-13(21)11-10-12(14(22)27-17(4,5)6)19-29(24,25)20-15(23)28-18(7,8)9/h12,19H,10-11H2,1-9H3,(H,20,23)/t12-/m0/s1. The second kappa shape index (κ2) is 9.75. The SMILES string of the molecule is CC(C)(C)OC(=O)CC[C@H](NS(=O)(=O)NC(=O)OC(C)(C)C)C(=O)OC(C)(C)C. The molecule has 0 saturated heterocycles. The van der Waals surface area contributed by atoms with Gasteiger partial charge in [0.05, 0.1) is 0 Å². The summed E-state index contributed by atoms with van der Waals surface area (Å²) in [5.41, 5.74) is -2.53. The maximum absolute atomic E-state index is 12.4. The number of rotatable bonds is 7. The van der Waals surface area contributed by atoms with E-state index in [0.717, 1.165) is 0 Å². The van der Waals surface area contributed by atoms with Crippen LogP contribution in [0, 0.1) is 0 Å². The topological polar surface area (TPSA) is 137 Å². The predicted molar refractivity (Wildman–Crippen MR) is 106 cm³/mol. The van der Waals surface area contributed by atoms with E-state index in [1.165, 1.54) is 0 Å². The minimum atomic E-state index is -4.46. The van der Waals surface area contributed by atoms with Crippen molar-refractivity contribution in [2.75, 3.05) is 0 Å². The van der Waals surface area contributed by atoms with Crippen LogP contribution in [0.15, 0.2) is 0 Å². The molecule has 0 saturated carbocycles. The van der Waals surface area contributed by atoms with Crippen LogP contribution in [-0.2, 0) is 34.0 Å². The summed E-state index contributed by atoms with van der Waals surface area (Å²) in [5.74, 6) is -1.50. The molecule has 0 aromatic rings. The molecule has 0 aliphatic rings. The zero-order valence-electron chi connectivity index (χ0n) is 18.7. The summed E-state index contributed by atoms with van der Waals surface area (Å²) in [6.45, 7) is 14.6. The molecule has 10 nitrogen and oxygen atoms in total. The first-order valence-corrected chi connectivity index (χ1v) is 10.7. The van der Waals surface area contributed by atoms with Gasteiger partial charge in [0.1, 0.15) is 22.8 Å². The lowest BCUT2D eigenvalue weighted by Crippen LogP contribution is -2.50. The molecule has 1 amide bonds. The molecule has 0 fully saturated rings. The molecule has 0 aliphatic carbocycles. The first kappa shape index (κ1) is 27.1. The highest BCUT2D eigenvalue weighted by Gasteiger charge is 2.31. The van der Waals surface area contributed by atoms with Gasteiger partial charge < -0.3 is 14.2 Å². The van der Waals surface area contributed by atoms with Gasteiger partial charge in [0.25, 0.3) is 0 Å². The summed E-state index contributed by atoms with van der Waals surface area (Å²) in [7, 11) is -4.46. The molecular formula is C18H34N2O8S. The van der Waals surface area contributed by atoms with Crippen LogP contribution in [0.25, 0.3) is 0 Å². The lowest BCUT2D eigenvalue weighted by Gasteiger charge is -2.25. The third-order valence-electron chi connectivity index (χ3n) is 2.66. The van der Waals surface area contributed by atoms with Gasteiger partial charge in [0, 0.05) is 6.42 Å². The largest absolute Gasteiger partial charge is 0.460 e. The predicted octanol–water partition coefficient (Wildman–Crippen LogP) is 2.18. The van der Waals surface area contributed by atoms with Crippen molar-refractivity contribution in [2.45, 2.75) is 98.0 Å². The van der Waals surface area contributed by atoms with Gasteiger partial charge in [-0.1, -0.05) is 0 Å². The van der Waals surface area contributed by atoms with Crippen molar-refractivity contribution in [2.24, 2.45) is 0 Å². The molecule has 2 N–H and O–H groups in total. The van der Waals surface area contributed by atoms with Gasteiger partial charge in [-0.3, -0.25) is 9.59 Å². The number of nitrogens with one attached hydrogen (secondary N) is 2. The monoisotopic (exact) mass is 438 g/mol. The van der Waals surface area contributed by atoms with Crippen molar-refractivity contribution in [3.8, 4) is 0 Å². The Morgan fingerprint density at radius 2 is 1.24 bits per heavy atom. The Hall–Kier alpha value is -1.88. The Balaban J connectivity index is 5.25. The van der Waals surface area contributed by atoms with Crippen molar-refractivity contribution < 1.29 is 37.0 Å². The molecule has 0 heterocycles. The highest BCUT2D eigenvalue weighted by molar-refractivity contribution is 7.88. The number of ether oxygens (including phenoxy) is 3. The van der Waals surface area contributed by atoms with Gasteiger partial charge in [0.2, 0.25) is 0 Å². The Bertz CT molecular complexity index is 697. The number of esters is 2. The number of carbonyl (C=O) groups excluding carboxylic acids is 3. The van der Waals surface area contributed by atoms with Gasteiger partial charge in [-0.25, -0.2) is 9.52 Å². The van der Waals surface area contributed by atoms with Gasteiger partial charge in [-0.2, -0.15) is 13.1 Å². The van der Waals surface area contributed by atoms with Gasteiger partial charge in [-0.15, -0.1) is 0 Å². The second-order valence-electron chi connectivity index (χ2n) is 9.44. The minimum absolute atomic E-state index is 0.223. The molecule has 1 atom stereocenters. The quantitative estimate of drug-likeness (QED) is 0.456. The number of amides is 1. The van der Waals surface area contributed by atoms with Crippen LogP contribution in [0.4, 0.5) is 4.79 Å². The lowest BCUT2D eigenvalue weighted by molar-refractivity contribution is -0.158. The zero-order valence-corrected chi connectivity index (χ0v) is 19.5. The van der Waals surface area contributed by atoms with Crippen molar-refractivity contribution in [3.63, 3.8) is 0 Å². The molecule has 0 aromatic heterocycles. The maximum Gasteiger partial charge on any atom is 0.422 e. The minimum Gasteiger partial charge on any atom is -0.460 e. The summed E-state index contributed by atoms with van der Waals surface area (Å²) in [4.78, 5) is 36.1. The van der Waals surface area contributed by atoms with E-state index in [9.17, 15) is 22.8 Å². The maximum atomic E-state index is 12.4. The second-order valence-corrected chi connectivity index (χ2v) is 10.9. The van der Waals surface area contributed by atoms with Crippen LogP contribution in [0.5, 0.6) is 0 Å². The van der Waals surface area contributed by atoms with Crippen molar-refractivity contribution >= 4 is 28.2 Å². The van der Waals surface area contributed by atoms with Crippen LogP contribution < -0.4 is 9.44 Å². The van der Waals surface area contributed by atoms with Crippen LogP contribution >= 0.6 is 0 Å². The Labute approximate surface area is 173 Å². The highest BCUT2D eigenvalue weighted by Crippen LogP contribution is 2.14. The fourth-order valence-corrected chi connectivity index (χ4v) is 2.79. The smallest absolute Gasteiger partial charge is 0.422 e. The molecular weight excluding hydrogens is 404 g/mol. The lowest BCUT2D eigenvalue weighted by atomic mass is 10.1. The normalized spacial score (nSPS) is 14.0. The van der Waals surface area contributed by atoms with E-state index in [4.69, 9.17) is 14.2 Å². The Morgan fingerprint density at radius 3 is 1.66 bits per heavy atom. The van der Waals surface area contributed by atoms with E-state index in [1.54, 1.807) is 67.0 Å². The van der Waals surface area contributed by atoms with Crippen molar-refractivity contribution in [1.29, 1.82) is 0 Å². The van der Waals surface area contributed by atoms with Gasteiger partial charge in [-0.05, 0) is 68.7 Å². The van der Waals surface area contributed by atoms with E-state index in [0.29, 0.717) is 0 Å². The summed E-state index contributed by atoms with van der Waals surface area (Å²) in [6, 6.07) is -1.42. The van der Waals surface area contributed by atoms with E-state index in [-0.39, 0.29) is 12.8 Å². The molecule has 0 rings (SSSR count).